The van der Waals surface area contributed by atoms with Crippen molar-refractivity contribution < 1.29 is 18.5 Å². The second-order valence-electron chi connectivity index (χ2n) is 3.17. The lowest BCUT2D eigenvalue weighted by molar-refractivity contribution is -0.122. The summed E-state index contributed by atoms with van der Waals surface area (Å²) in [6, 6.07) is 1.71. The molecule has 0 saturated heterocycles. The van der Waals surface area contributed by atoms with Gasteiger partial charge in [0.25, 0.3) is 0 Å². The maximum Gasteiger partial charge on any atom is 0.234 e. The van der Waals surface area contributed by atoms with E-state index >= 15 is 0 Å². The third kappa shape index (κ3) is 2.34. The van der Waals surface area contributed by atoms with Crippen LogP contribution in [-0.4, -0.2) is 29.6 Å². The highest BCUT2D eigenvalue weighted by Gasteiger charge is 2.12. The van der Waals surface area contributed by atoms with Crippen LogP contribution in [0.25, 0.3) is 11.4 Å². The predicted octanol–water partition coefficient (Wildman–Crippen LogP) is 1.09. The van der Waals surface area contributed by atoms with E-state index in [0.717, 1.165) is 0 Å². The van der Waals surface area contributed by atoms with Crippen LogP contribution in [0.15, 0.2) is 27.5 Å². The number of carbonyl (C=O) groups is 1. The Bertz CT molecular complexity index is 461. The second kappa shape index (κ2) is 4.71. The summed E-state index contributed by atoms with van der Waals surface area (Å²) >= 11 is 0. The van der Waals surface area contributed by atoms with Crippen molar-refractivity contribution >= 4 is 5.78 Å². The molecular formula is C10H10N2O4. The molecule has 0 spiro atoms. The molecule has 0 N–H and O–H groups in total. The summed E-state index contributed by atoms with van der Waals surface area (Å²) in [7, 11) is 1.46. The predicted molar refractivity (Wildman–Crippen MR) is 52.6 cm³/mol. The minimum atomic E-state index is -0.107. The fraction of sp³-hybridized carbons (Fsp3) is 0.300. The van der Waals surface area contributed by atoms with Gasteiger partial charge in [-0.05, 0) is 6.07 Å². The molecule has 0 aromatic carbocycles. The Morgan fingerprint density at radius 1 is 1.56 bits per heavy atom. The molecule has 6 nitrogen and oxygen atoms in total. The van der Waals surface area contributed by atoms with E-state index in [1.165, 1.54) is 19.6 Å². The number of methoxy groups -OCH3 is 1. The number of rotatable bonds is 5. The molecule has 84 valence electrons. The topological polar surface area (TPSA) is 78.4 Å². The number of ether oxygens (including phenoxy) is 1. The number of carbonyl (C=O) groups excluding carboxylic acids is 1. The first kappa shape index (κ1) is 10.6. The molecule has 6 heteroatoms. The van der Waals surface area contributed by atoms with Gasteiger partial charge in [0.15, 0.2) is 5.78 Å². The molecule has 0 fully saturated rings. The molecule has 2 aromatic rings. The molecule has 0 aliphatic carbocycles. The average Bonchev–Trinajstić information content (AvgIpc) is 2.86. The van der Waals surface area contributed by atoms with Crippen LogP contribution in [0.1, 0.15) is 5.89 Å². The Kier molecular flexibility index (Phi) is 3.11. The van der Waals surface area contributed by atoms with Crippen molar-refractivity contribution in [3.05, 3.63) is 24.5 Å². The first-order chi connectivity index (χ1) is 7.79. The highest BCUT2D eigenvalue weighted by molar-refractivity contribution is 5.81. The van der Waals surface area contributed by atoms with Gasteiger partial charge in [0.2, 0.25) is 11.7 Å². The van der Waals surface area contributed by atoms with E-state index in [0.29, 0.717) is 11.4 Å². The highest BCUT2D eigenvalue weighted by atomic mass is 16.5. The van der Waals surface area contributed by atoms with Crippen LogP contribution in [0, 0.1) is 0 Å². The van der Waals surface area contributed by atoms with E-state index < -0.39 is 0 Å². The van der Waals surface area contributed by atoms with E-state index in [2.05, 4.69) is 10.1 Å². The molecule has 0 unspecified atom stereocenters. The van der Waals surface area contributed by atoms with Crippen molar-refractivity contribution in [1.29, 1.82) is 0 Å². The van der Waals surface area contributed by atoms with Crippen molar-refractivity contribution in [2.75, 3.05) is 13.7 Å². The second-order valence-corrected chi connectivity index (χ2v) is 3.17. The van der Waals surface area contributed by atoms with Gasteiger partial charge in [0.1, 0.15) is 12.9 Å². The summed E-state index contributed by atoms with van der Waals surface area (Å²) in [6.07, 6.45) is 3.10. The van der Waals surface area contributed by atoms with Crippen molar-refractivity contribution in [2.45, 2.75) is 6.42 Å². The molecule has 16 heavy (non-hydrogen) atoms. The summed E-state index contributed by atoms with van der Waals surface area (Å²) in [5, 5.41) is 3.73. The van der Waals surface area contributed by atoms with Gasteiger partial charge < -0.3 is 13.7 Å². The average molecular weight is 222 g/mol. The lowest BCUT2D eigenvalue weighted by Crippen LogP contribution is -2.09. The first-order valence-electron chi connectivity index (χ1n) is 4.65. The lowest BCUT2D eigenvalue weighted by atomic mass is 10.3. The molecule has 0 amide bonds. The van der Waals surface area contributed by atoms with Crippen LogP contribution in [0.3, 0.4) is 0 Å². The molecule has 2 aromatic heterocycles. The van der Waals surface area contributed by atoms with Gasteiger partial charge in [-0.2, -0.15) is 4.98 Å². The zero-order valence-corrected chi connectivity index (χ0v) is 8.67. The molecule has 0 aliphatic rings. The largest absolute Gasteiger partial charge is 0.472 e. The normalized spacial score (nSPS) is 10.6. The third-order valence-electron chi connectivity index (χ3n) is 1.90. The monoisotopic (exact) mass is 222 g/mol. The minimum Gasteiger partial charge on any atom is -0.472 e. The Morgan fingerprint density at radius 2 is 2.44 bits per heavy atom. The number of nitrogens with zero attached hydrogens (tertiary/aromatic N) is 2. The first-order valence-corrected chi connectivity index (χ1v) is 4.65. The minimum absolute atomic E-state index is 0.0451. The standard InChI is InChI=1S/C10H10N2O4/c1-14-6-8(13)4-9-11-10(12-16-9)7-2-3-15-5-7/h2-3,5H,4,6H2,1H3. The molecular weight excluding hydrogens is 212 g/mol. The number of aromatic nitrogens is 2. The van der Waals surface area contributed by atoms with Gasteiger partial charge in [-0.1, -0.05) is 5.16 Å². The molecule has 2 rings (SSSR count). The number of Topliss-reactive ketones (excluding diaryl/α,β-unsaturated/α-hetero) is 1. The van der Waals surface area contributed by atoms with E-state index in [4.69, 9.17) is 13.7 Å². The summed E-state index contributed by atoms with van der Waals surface area (Å²) in [6.45, 7) is 0.0451. The molecule has 0 aliphatic heterocycles. The van der Waals surface area contributed by atoms with Crippen LogP contribution in [-0.2, 0) is 16.0 Å². The zero-order valence-electron chi connectivity index (χ0n) is 8.67. The van der Waals surface area contributed by atoms with Crippen LogP contribution < -0.4 is 0 Å². The lowest BCUT2D eigenvalue weighted by Gasteiger charge is -1.93. The number of ketones is 1. The van der Waals surface area contributed by atoms with Gasteiger partial charge in [-0.25, -0.2) is 0 Å². The van der Waals surface area contributed by atoms with E-state index in [-0.39, 0.29) is 24.7 Å². The van der Waals surface area contributed by atoms with Crippen molar-refractivity contribution in [3.63, 3.8) is 0 Å². The highest BCUT2D eigenvalue weighted by Crippen LogP contribution is 2.15. The number of furan rings is 1. The third-order valence-corrected chi connectivity index (χ3v) is 1.90. The summed E-state index contributed by atoms with van der Waals surface area (Å²) in [4.78, 5) is 15.3. The van der Waals surface area contributed by atoms with E-state index in [1.807, 2.05) is 0 Å². The smallest absolute Gasteiger partial charge is 0.234 e. The maximum atomic E-state index is 11.2. The van der Waals surface area contributed by atoms with E-state index in [9.17, 15) is 4.79 Å². The molecule has 0 radical (unpaired) electrons. The SMILES string of the molecule is COCC(=O)Cc1nc(-c2ccoc2)no1. The zero-order chi connectivity index (χ0) is 11.4. The Morgan fingerprint density at radius 3 is 3.12 bits per heavy atom. The Hall–Kier alpha value is -1.95. The number of hydrogen-bond donors (Lipinski definition) is 0. The van der Waals surface area contributed by atoms with Gasteiger partial charge in [-0.15, -0.1) is 0 Å². The molecule has 0 bridgehead atoms. The summed E-state index contributed by atoms with van der Waals surface area (Å²) in [5.41, 5.74) is 0.717. The van der Waals surface area contributed by atoms with Gasteiger partial charge in [0.05, 0.1) is 18.2 Å². The fourth-order valence-corrected chi connectivity index (χ4v) is 1.22. The van der Waals surface area contributed by atoms with Crippen molar-refractivity contribution in [2.24, 2.45) is 0 Å². The fourth-order valence-electron chi connectivity index (χ4n) is 1.22. The Labute approximate surface area is 91.2 Å². The van der Waals surface area contributed by atoms with Gasteiger partial charge >= 0.3 is 0 Å². The van der Waals surface area contributed by atoms with Crippen LogP contribution in [0.2, 0.25) is 0 Å². The summed E-state index contributed by atoms with van der Waals surface area (Å²) < 4.78 is 14.5. The van der Waals surface area contributed by atoms with E-state index in [1.54, 1.807) is 6.07 Å². The quantitative estimate of drug-likeness (QED) is 0.753. The van der Waals surface area contributed by atoms with Crippen LogP contribution >= 0.6 is 0 Å². The van der Waals surface area contributed by atoms with Crippen LogP contribution in [0.5, 0.6) is 0 Å². The Balaban J connectivity index is 2.06. The van der Waals surface area contributed by atoms with Crippen molar-refractivity contribution in [1.82, 2.24) is 10.1 Å². The number of hydrogen-bond acceptors (Lipinski definition) is 6. The van der Waals surface area contributed by atoms with Crippen molar-refractivity contribution in [3.8, 4) is 11.4 Å². The molecule has 0 atom stereocenters. The van der Waals surface area contributed by atoms with Gasteiger partial charge in [-0.3, -0.25) is 4.79 Å². The summed E-state index contributed by atoms with van der Waals surface area (Å²) in [5.74, 6) is 0.581. The van der Waals surface area contributed by atoms with Crippen LogP contribution in [0.4, 0.5) is 0 Å². The van der Waals surface area contributed by atoms with Gasteiger partial charge in [0, 0.05) is 7.11 Å². The molecule has 2 heterocycles. The maximum absolute atomic E-state index is 11.2. The molecule has 0 saturated carbocycles.